The van der Waals surface area contributed by atoms with Crippen LogP contribution in [0.1, 0.15) is 12.8 Å². The molecule has 1 aromatic heterocycles. The molecule has 0 radical (unpaired) electrons. The zero-order valence-corrected chi connectivity index (χ0v) is 9.44. The first-order chi connectivity index (χ1) is 7.25. The van der Waals surface area contributed by atoms with Gasteiger partial charge in [0.25, 0.3) is 0 Å². The number of rotatable bonds is 3. The molecule has 2 heterocycles. The van der Waals surface area contributed by atoms with Crippen LogP contribution in [0.5, 0.6) is 0 Å². The maximum absolute atomic E-state index is 5.77. The van der Waals surface area contributed by atoms with Gasteiger partial charge in [0.15, 0.2) is 5.15 Å². The van der Waals surface area contributed by atoms with Crippen LogP contribution in [0.15, 0.2) is 12.3 Å². The van der Waals surface area contributed by atoms with Crippen LogP contribution < -0.4 is 4.90 Å². The lowest BCUT2D eigenvalue weighted by atomic mass is 10.2. The average molecular weight is 228 g/mol. The number of likely N-dealkylation sites (N-methyl/N-ethyl adjacent to an activating group) is 1. The van der Waals surface area contributed by atoms with Crippen molar-refractivity contribution >= 4 is 17.3 Å². The lowest BCUT2D eigenvalue weighted by molar-refractivity contribution is 0.116. The summed E-state index contributed by atoms with van der Waals surface area (Å²) in [5, 5.41) is 7.95. The maximum atomic E-state index is 5.77. The Balaban J connectivity index is 1.97. The molecule has 0 bridgehead atoms. The Morgan fingerprint density at radius 3 is 3.20 bits per heavy atom. The lowest BCUT2D eigenvalue weighted by Gasteiger charge is -2.22. The number of anilines is 1. The van der Waals surface area contributed by atoms with Crippen molar-refractivity contribution in [2.45, 2.75) is 18.9 Å². The van der Waals surface area contributed by atoms with Crippen molar-refractivity contribution < 1.29 is 4.74 Å². The van der Waals surface area contributed by atoms with Crippen molar-refractivity contribution in [3.8, 4) is 0 Å². The third-order valence-corrected chi connectivity index (χ3v) is 2.74. The highest BCUT2D eigenvalue weighted by Gasteiger charge is 2.17. The second kappa shape index (κ2) is 4.77. The molecule has 2 rings (SSSR count). The topological polar surface area (TPSA) is 38.2 Å². The zero-order chi connectivity index (χ0) is 10.7. The summed E-state index contributed by atoms with van der Waals surface area (Å²) in [7, 11) is 2.01. The SMILES string of the molecule is CN(CC1CCCO1)c1cnnc(Cl)c1. The Kier molecular flexibility index (Phi) is 3.38. The van der Waals surface area contributed by atoms with Crippen LogP contribution in [0.3, 0.4) is 0 Å². The van der Waals surface area contributed by atoms with E-state index in [1.54, 1.807) is 6.20 Å². The van der Waals surface area contributed by atoms with E-state index in [1.807, 2.05) is 13.1 Å². The van der Waals surface area contributed by atoms with E-state index in [9.17, 15) is 0 Å². The second-order valence-corrected chi connectivity index (χ2v) is 4.14. The van der Waals surface area contributed by atoms with Crippen molar-refractivity contribution in [1.82, 2.24) is 10.2 Å². The van der Waals surface area contributed by atoms with E-state index in [0.717, 1.165) is 31.7 Å². The second-order valence-electron chi connectivity index (χ2n) is 3.75. The molecular weight excluding hydrogens is 214 g/mol. The van der Waals surface area contributed by atoms with Gasteiger partial charge in [0.1, 0.15) is 0 Å². The number of hydrogen-bond acceptors (Lipinski definition) is 4. The molecule has 4 nitrogen and oxygen atoms in total. The molecule has 0 aliphatic carbocycles. The Morgan fingerprint density at radius 1 is 1.67 bits per heavy atom. The van der Waals surface area contributed by atoms with Crippen molar-refractivity contribution in [2.24, 2.45) is 0 Å². The third-order valence-electron chi connectivity index (χ3n) is 2.55. The highest BCUT2D eigenvalue weighted by atomic mass is 35.5. The van der Waals surface area contributed by atoms with Gasteiger partial charge >= 0.3 is 0 Å². The molecule has 0 aromatic carbocycles. The van der Waals surface area contributed by atoms with Gasteiger partial charge in [0, 0.05) is 26.3 Å². The monoisotopic (exact) mass is 227 g/mol. The first kappa shape index (κ1) is 10.6. The minimum absolute atomic E-state index is 0.335. The van der Waals surface area contributed by atoms with Gasteiger partial charge in [-0.2, -0.15) is 5.10 Å². The molecule has 82 valence electrons. The van der Waals surface area contributed by atoms with Crippen molar-refractivity contribution in [1.29, 1.82) is 0 Å². The van der Waals surface area contributed by atoms with E-state index < -0.39 is 0 Å². The number of hydrogen-bond donors (Lipinski definition) is 0. The number of nitrogens with zero attached hydrogens (tertiary/aromatic N) is 3. The van der Waals surface area contributed by atoms with Crippen LogP contribution in [-0.2, 0) is 4.74 Å². The summed E-state index contributed by atoms with van der Waals surface area (Å²) < 4.78 is 5.56. The van der Waals surface area contributed by atoms with Crippen molar-refractivity contribution in [2.75, 3.05) is 25.1 Å². The fraction of sp³-hybridized carbons (Fsp3) is 0.600. The van der Waals surface area contributed by atoms with Gasteiger partial charge in [-0.15, -0.1) is 5.10 Å². The molecule has 0 N–H and O–H groups in total. The molecule has 1 aliphatic rings. The fourth-order valence-corrected chi connectivity index (χ4v) is 1.89. The molecule has 1 aliphatic heterocycles. The summed E-state index contributed by atoms with van der Waals surface area (Å²) in [5.74, 6) is 0. The fourth-order valence-electron chi connectivity index (χ4n) is 1.74. The van der Waals surface area contributed by atoms with Gasteiger partial charge in [-0.3, -0.25) is 0 Å². The van der Waals surface area contributed by atoms with Gasteiger partial charge in [-0.1, -0.05) is 11.6 Å². The van der Waals surface area contributed by atoms with Gasteiger partial charge in [0.2, 0.25) is 0 Å². The smallest absolute Gasteiger partial charge is 0.153 e. The lowest BCUT2D eigenvalue weighted by Crippen LogP contribution is -2.28. The number of ether oxygens (including phenoxy) is 1. The minimum Gasteiger partial charge on any atom is -0.376 e. The normalized spacial score (nSPS) is 20.5. The van der Waals surface area contributed by atoms with Crippen LogP contribution in [0.25, 0.3) is 0 Å². The summed E-state index contributed by atoms with van der Waals surface area (Å²) in [6, 6.07) is 1.81. The van der Waals surface area contributed by atoms with E-state index in [0.29, 0.717) is 11.3 Å². The molecule has 0 amide bonds. The van der Waals surface area contributed by atoms with E-state index in [-0.39, 0.29) is 0 Å². The number of halogens is 1. The van der Waals surface area contributed by atoms with Gasteiger partial charge in [-0.25, -0.2) is 0 Å². The molecule has 0 spiro atoms. The predicted octanol–water partition coefficient (Wildman–Crippen LogP) is 1.75. The number of aromatic nitrogens is 2. The molecule has 1 saturated heterocycles. The van der Waals surface area contributed by atoms with Gasteiger partial charge in [0.05, 0.1) is 18.0 Å². The van der Waals surface area contributed by atoms with Gasteiger partial charge < -0.3 is 9.64 Å². The predicted molar refractivity (Wildman–Crippen MR) is 59.3 cm³/mol. The molecule has 1 aromatic rings. The summed E-state index contributed by atoms with van der Waals surface area (Å²) in [4.78, 5) is 2.09. The Labute approximate surface area is 94.2 Å². The molecule has 15 heavy (non-hydrogen) atoms. The average Bonchev–Trinajstić information content (AvgIpc) is 2.70. The molecular formula is C10H14ClN3O. The summed E-state index contributed by atoms with van der Waals surface area (Å²) in [5.41, 5.74) is 0.977. The van der Waals surface area contributed by atoms with Gasteiger partial charge in [-0.05, 0) is 12.8 Å². The Morgan fingerprint density at radius 2 is 2.53 bits per heavy atom. The van der Waals surface area contributed by atoms with Crippen LogP contribution in [0, 0.1) is 0 Å². The third kappa shape index (κ3) is 2.79. The van der Waals surface area contributed by atoms with Crippen LogP contribution in [-0.4, -0.2) is 36.5 Å². The van der Waals surface area contributed by atoms with Crippen LogP contribution >= 0.6 is 11.6 Å². The Bertz CT molecular complexity index is 328. The van der Waals surface area contributed by atoms with E-state index in [2.05, 4.69) is 15.1 Å². The first-order valence-electron chi connectivity index (χ1n) is 5.06. The highest BCUT2D eigenvalue weighted by Crippen LogP contribution is 2.18. The van der Waals surface area contributed by atoms with Crippen LogP contribution in [0.2, 0.25) is 5.15 Å². The largest absolute Gasteiger partial charge is 0.376 e. The molecule has 1 atom stereocenters. The molecule has 5 heteroatoms. The molecule has 0 saturated carbocycles. The first-order valence-corrected chi connectivity index (χ1v) is 5.44. The Hall–Kier alpha value is -0.870. The molecule has 1 fully saturated rings. The summed E-state index contributed by atoms with van der Waals surface area (Å²) in [6.45, 7) is 1.76. The van der Waals surface area contributed by atoms with Crippen molar-refractivity contribution in [3.63, 3.8) is 0 Å². The standard InChI is InChI=1S/C10H14ClN3O/c1-14(7-9-3-2-4-15-9)8-5-10(11)13-12-6-8/h5-6,9H,2-4,7H2,1H3. The van der Waals surface area contributed by atoms with E-state index in [4.69, 9.17) is 16.3 Å². The summed E-state index contributed by atoms with van der Waals surface area (Å²) >= 11 is 5.77. The van der Waals surface area contributed by atoms with Crippen molar-refractivity contribution in [3.05, 3.63) is 17.4 Å². The quantitative estimate of drug-likeness (QED) is 0.789. The minimum atomic E-state index is 0.335. The van der Waals surface area contributed by atoms with E-state index in [1.165, 1.54) is 0 Å². The van der Waals surface area contributed by atoms with E-state index >= 15 is 0 Å². The summed E-state index contributed by atoms with van der Waals surface area (Å²) in [6.07, 6.45) is 4.34. The highest BCUT2D eigenvalue weighted by molar-refractivity contribution is 6.29. The van der Waals surface area contributed by atoms with Crippen LogP contribution in [0.4, 0.5) is 5.69 Å². The zero-order valence-electron chi connectivity index (χ0n) is 8.69. The maximum Gasteiger partial charge on any atom is 0.153 e. The molecule has 1 unspecified atom stereocenters.